The first kappa shape index (κ1) is 102. The van der Waals surface area contributed by atoms with E-state index in [-0.39, 0.29) is 25.7 Å². The summed E-state index contributed by atoms with van der Waals surface area (Å²) in [4.78, 5) is 73.2. The zero-order valence-corrected chi connectivity index (χ0v) is 70.1. The minimum Gasteiger partial charge on any atom is -0.462 e. The SMILES string of the molecule is CCCCCCCCCCCCCCCCCCCCCCCC(=O)O[C@H](COC(=O)CCCCCCCCCCCCCCCCCC(C)C)COP(=O)(O)OC[C@@H](O)COP(=O)(O)OC[C@@H](COC(=O)CCCCCCCCCCCC(C)C)OC(=O)CCCCCCCCCCCCCCC. The van der Waals surface area contributed by atoms with Crippen LogP contribution in [0.5, 0.6) is 0 Å². The third kappa shape index (κ3) is 78.2. The molecule has 3 N–H and O–H groups in total. The second kappa shape index (κ2) is 76.4. The highest BCUT2D eigenvalue weighted by molar-refractivity contribution is 7.47. The summed E-state index contributed by atoms with van der Waals surface area (Å²) in [7, 11) is -9.93. The Balaban J connectivity index is 5.24. The van der Waals surface area contributed by atoms with Crippen molar-refractivity contribution in [3.63, 3.8) is 0 Å². The summed E-state index contributed by atoms with van der Waals surface area (Å²) in [5.41, 5.74) is 0. The third-order valence-corrected chi connectivity index (χ3v) is 21.9. The van der Waals surface area contributed by atoms with Gasteiger partial charge in [0.1, 0.15) is 19.3 Å². The molecule has 2 unspecified atom stereocenters. The van der Waals surface area contributed by atoms with Gasteiger partial charge in [0, 0.05) is 25.7 Å². The third-order valence-electron chi connectivity index (χ3n) is 20.0. The Kier molecular flexibility index (Phi) is 75.0. The maximum atomic E-state index is 13.1. The molecular weight excluding hydrogens is 1350 g/mol. The highest BCUT2D eigenvalue weighted by atomic mass is 31.2. The van der Waals surface area contributed by atoms with E-state index in [1.807, 2.05) is 0 Å². The molecule has 0 aliphatic rings. The van der Waals surface area contributed by atoms with Crippen LogP contribution in [0.15, 0.2) is 0 Å². The molecule has 0 aromatic heterocycles. The van der Waals surface area contributed by atoms with E-state index in [0.717, 1.165) is 102 Å². The van der Waals surface area contributed by atoms with Gasteiger partial charge in [0.2, 0.25) is 0 Å². The van der Waals surface area contributed by atoms with Gasteiger partial charge in [-0.1, -0.05) is 401 Å². The van der Waals surface area contributed by atoms with E-state index in [2.05, 4.69) is 41.5 Å². The van der Waals surface area contributed by atoms with E-state index in [0.29, 0.717) is 25.7 Å². The number of aliphatic hydroxyl groups is 1. The minimum atomic E-state index is -4.97. The van der Waals surface area contributed by atoms with Crippen molar-refractivity contribution in [2.24, 2.45) is 11.8 Å². The Hall–Kier alpha value is -1.94. The molecule has 0 amide bonds. The zero-order chi connectivity index (χ0) is 76.4. The fraction of sp³-hybridized carbons (Fsp3) is 0.953. The summed E-state index contributed by atoms with van der Waals surface area (Å²) in [6, 6.07) is 0. The van der Waals surface area contributed by atoms with Crippen molar-refractivity contribution in [1.29, 1.82) is 0 Å². The molecule has 5 atom stereocenters. The van der Waals surface area contributed by atoms with Crippen LogP contribution in [0.1, 0.15) is 452 Å². The summed E-state index contributed by atoms with van der Waals surface area (Å²) in [6.45, 7) is 9.67. The van der Waals surface area contributed by atoms with Crippen LogP contribution in [0.3, 0.4) is 0 Å². The number of esters is 4. The fourth-order valence-corrected chi connectivity index (χ4v) is 14.8. The van der Waals surface area contributed by atoms with Crippen LogP contribution in [-0.4, -0.2) is 96.7 Å². The molecule has 0 aliphatic carbocycles. The summed E-state index contributed by atoms with van der Waals surface area (Å²) >= 11 is 0. The molecule has 17 nitrogen and oxygen atoms in total. The highest BCUT2D eigenvalue weighted by Crippen LogP contribution is 2.45. The lowest BCUT2D eigenvalue weighted by Crippen LogP contribution is -2.30. The Labute approximate surface area is 638 Å². The van der Waals surface area contributed by atoms with Crippen molar-refractivity contribution in [2.75, 3.05) is 39.6 Å². The number of hydrogen-bond donors (Lipinski definition) is 3. The minimum absolute atomic E-state index is 0.108. The maximum absolute atomic E-state index is 13.1. The molecule has 0 radical (unpaired) electrons. The molecule has 0 rings (SSSR count). The van der Waals surface area contributed by atoms with Crippen LogP contribution in [0.4, 0.5) is 0 Å². The van der Waals surface area contributed by atoms with Gasteiger partial charge in [-0.3, -0.25) is 37.3 Å². The molecule has 0 aromatic carbocycles. The average Bonchev–Trinajstić information content (AvgIpc) is 0.919. The quantitative estimate of drug-likeness (QED) is 0.0222. The van der Waals surface area contributed by atoms with Gasteiger partial charge >= 0.3 is 39.5 Å². The lowest BCUT2D eigenvalue weighted by Gasteiger charge is -2.21. The Bertz CT molecular complexity index is 1990. The van der Waals surface area contributed by atoms with E-state index >= 15 is 0 Å². The zero-order valence-electron chi connectivity index (χ0n) is 68.3. The van der Waals surface area contributed by atoms with Gasteiger partial charge in [-0.2, -0.15) is 0 Å². The molecule has 0 spiro atoms. The van der Waals surface area contributed by atoms with Crippen LogP contribution in [-0.2, 0) is 65.4 Å². The standard InChI is InChI=1S/C85H166O17P2/c1-7-9-11-13-15-17-19-21-22-23-24-25-26-27-30-35-39-45-52-58-64-70-85(90)101-80(73-95-82(87)67-61-55-49-43-37-34-31-28-29-33-36-41-47-53-59-65-77(3)4)75-99-103(91,92)97-71-79(86)72-98-104(93,94)100-76-81(74-96-83(88)68-62-56-50-46-40-42-48-54-60-66-78(5)6)102-84(89)69-63-57-51-44-38-32-20-18-16-14-12-10-8-2/h77-81,86H,7-76H2,1-6H3,(H,91,92)(H,93,94)/t79-,80-,81-/m1/s1. The number of hydrogen-bond acceptors (Lipinski definition) is 15. The first-order valence-electron chi connectivity index (χ1n) is 44.0. The largest absolute Gasteiger partial charge is 0.472 e. The fourth-order valence-electron chi connectivity index (χ4n) is 13.2. The summed E-state index contributed by atoms with van der Waals surface area (Å²) in [5, 5.41) is 10.7. The monoisotopic (exact) mass is 1520 g/mol. The topological polar surface area (TPSA) is 237 Å². The lowest BCUT2D eigenvalue weighted by molar-refractivity contribution is -0.161. The maximum Gasteiger partial charge on any atom is 0.472 e. The smallest absolute Gasteiger partial charge is 0.462 e. The molecule has 0 heterocycles. The van der Waals surface area contributed by atoms with Crippen molar-refractivity contribution >= 4 is 39.5 Å². The van der Waals surface area contributed by atoms with Gasteiger partial charge in [0.25, 0.3) is 0 Å². The van der Waals surface area contributed by atoms with E-state index in [4.69, 9.17) is 37.0 Å². The van der Waals surface area contributed by atoms with Crippen LogP contribution in [0.25, 0.3) is 0 Å². The van der Waals surface area contributed by atoms with Crippen molar-refractivity contribution in [3.05, 3.63) is 0 Å². The molecule has 0 bridgehead atoms. The number of carbonyl (C=O) groups excluding carboxylic acids is 4. The number of aliphatic hydroxyl groups excluding tert-OH is 1. The molecule has 104 heavy (non-hydrogen) atoms. The van der Waals surface area contributed by atoms with Gasteiger partial charge in [0.15, 0.2) is 12.2 Å². The summed E-state index contributed by atoms with van der Waals surface area (Å²) < 4.78 is 68.9. The van der Waals surface area contributed by atoms with E-state index in [9.17, 15) is 43.2 Å². The molecule has 0 saturated carbocycles. The van der Waals surface area contributed by atoms with Crippen molar-refractivity contribution in [2.45, 2.75) is 471 Å². The first-order valence-corrected chi connectivity index (χ1v) is 47.0. The van der Waals surface area contributed by atoms with E-state index in [1.165, 1.54) is 270 Å². The van der Waals surface area contributed by atoms with E-state index < -0.39 is 97.5 Å². The average molecular weight is 1520 g/mol. The molecule has 0 aromatic rings. The molecule has 0 aliphatic heterocycles. The summed E-state index contributed by atoms with van der Waals surface area (Å²) in [6.07, 6.45) is 68.0. The van der Waals surface area contributed by atoms with Crippen LogP contribution in [0.2, 0.25) is 0 Å². The number of ether oxygens (including phenoxy) is 4. The number of phosphoric acid groups is 2. The highest BCUT2D eigenvalue weighted by Gasteiger charge is 2.30. The molecule has 618 valence electrons. The van der Waals surface area contributed by atoms with Gasteiger partial charge in [0.05, 0.1) is 26.4 Å². The van der Waals surface area contributed by atoms with Gasteiger partial charge < -0.3 is 33.8 Å². The predicted octanol–water partition coefficient (Wildman–Crippen LogP) is 25.8. The predicted molar refractivity (Wildman–Crippen MR) is 428 cm³/mol. The van der Waals surface area contributed by atoms with Crippen molar-refractivity contribution in [3.8, 4) is 0 Å². The van der Waals surface area contributed by atoms with Crippen LogP contribution in [0, 0.1) is 11.8 Å². The second-order valence-electron chi connectivity index (χ2n) is 31.5. The van der Waals surface area contributed by atoms with Gasteiger partial charge in [-0.05, 0) is 37.5 Å². The number of carbonyl (C=O) groups is 4. The molecule has 0 fully saturated rings. The molecular formula is C85H166O17P2. The van der Waals surface area contributed by atoms with Crippen molar-refractivity contribution in [1.82, 2.24) is 0 Å². The van der Waals surface area contributed by atoms with Crippen LogP contribution >= 0.6 is 15.6 Å². The number of unbranched alkanes of at least 4 members (excludes halogenated alkanes) is 54. The number of rotatable bonds is 84. The Morgan fingerprint density at radius 2 is 0.442 bits per heavy atom. The summed E-state index contributed by atoms with van der Waals surface area (Å²) in [5.74, 6) is -0.553. The van der Waals surface area contributed by atoms with Crippen LogP contribution < -0.4 is 0 Å². The van der Waals surface area contributed by atoms with Gasteiger partial charge in [-0.25, -0.2) is 9.13 Å². The Morgan fingerprint density at radius 1 is 0.260 bits per heavy atom. The van der Waals surface area contributed by atoms with Gasteiger partial charge in [-0.15, -0.1) is 0 Å². The first-order chi connectivity index (χ1) is 50.4. The van der Waals surface area contributed by atoms with Crippen molar-refractivity contribution < 1.29 is 80.2 Å². The number of phosphoric ester groups is 2. The van der Waals surface area contributed by atoms with E-state index in [1.54, 1.807) is 0 Å². The Morgan fingerprint density at radius 3 is 0.654 bits per heavy atom. The second-order valence-corrected chi connectivity index (χ2v) is 34.4. The molecule has 19 heteroatoms. The molecule has 0 saturated heterocycles. The lowest BCUT2D eigenvalue weighted by atomic mass is 10.0. The normalized spacial score (nSPS) is 13.8.